The SMILES string of the molecule is C/C=C(/C(=O)OC)c1cnc(C)nc1O.[Y]. The van der Waals surface area contributed by atoms with Crippen molar-refractivity contribution in [3.8, 4) is 5.88 Å². The first kappa shape index (κ1) is 15.2. The van der Waals surface area contributed by atoms with Crippen LogP contribution in [-0.4, -0.2) is 28.2 Å². The number of hydrogen-bond donors (Lipinski definition) is 1. The molecule has 0 aliphatic rings. The first-order valence-electron chi connectivity index (χ1n) is 4.37. The Morgan fingerprint density at radius 1 is 1.56 bits per heavy atom. The molecule has 5 nitrogen and oxygen atoms in total. The third-order valence-corrected chi connectivity index (χ3v) is 1.87. The van der Waals surface area contributed by atoms with E-state index in [0.29, 0.717) is 5.82 Å². The number of aryl methyl sites for hydroxylation is 1. The molecule has 1 aromatic rings. The van der Waals surface area contributed by atoms with Gasteiger partial charge in [0.15, 0.2) is 0 Å². The van der Waals surface area contributed by atoms with Gasteiger partial charge >= 0.3 is 5.97 Å². The van der Waals surface area contributed by atoms with E-state index < -0.39 is 5.97 Å². The van der Waals surface area contributed by atoms with Crippen molar-refractivity contribution in [2.75, 3.05) is 7.11 Å². The number of methoxy groups -OCH3 is 1. The van der Waals surface area contributed by atoms with Crippen LogP contribution < -0.4 is 0 Å². The quantitative estimate of drug-likeness (QED) is 0.653. The van der Waals surface area contributed by atoms with Gasteiger partial charge in [-0.3, -0.25) is 0 Å². The maximum absolute atomic E-state index is 11.3. The number of hydrogen-bond acceptors (Lipinski definition) is 5. The van der Waals surface area contributed by atoms with Gasteiger partial charge in [-0.2, -0.15) is 4.98 Å². The van der Waals surface area contributed by atoms with Crippen molar-refractivity contribution >= 4 is 11.5 Å². The van der Waals surface area contributed by atoms with Gasteiger partial charge < -0.3 is 9.84 Å². The van der Waals surface area contributed by atoms with Crippen LogP contribution in [0.1, 0.15) is 18.3 Å². The summed E-state index contributed by atoms with van der Waals surface area (Å²) >= 11 is 0. The van der Waals surface area contributed by atoms with Crippen LogP contribution in [0.5, 0.6) is 5.88 Å². The standard InChI is InChI=1S/C10H12N2O3.Y/c1-4-7(10(14)15-3)8-5-11-6(2)12-9(8)13;/h4-5H,1-3H3,(H,11,12,13);/b7-4+;. The number of nitrogens with zero attached hydrogens (tertiary/aromatic N) is 2. The molecular formula is C10H12N2O3Y. The average Bonchev–Trinajstić information content (AvgIpc) is 2.21. The number of allylic oxidation sites excluding steroid dienone is 1. The molecule has 0 saturated carbocycles. The van der Waals surface area contributed by atoms with Crippen molar-refractivity contribution in [2.24, 2.45) is 0 Å². The molecule has 1 heterocycles. The van der Waals surface area contributed by atoms with Gasteiger partial charge in [-0.1, -0.05) is 6.08 Å². The van der Waals surface area contributed by atoms with Gasteiger partial charge in [0.05, 0.1) is 18.2 Å². The fraction of sp³-hybridized carbons (Fsp3) is 0.300. The molecule has 1 N–H and O–H groups in total. The number of rotatable bonds is 2. The molecule has 0 fully saturated rings. The molecule has 0 saturated heterocycles. The molecule has 0 amide bonds. The van der Waals surface area contributed by atoms with E-state index in [1.165, 1.54) is 13.3 Å². The van der Waals surface area contributed by atoms with E-state index in [9.17, 15) is 9.90 Å². The smallest absolute Gasteiger partial charge is 0.338 e. The maximum atomic E-state index is 11.3. The van der Waals surface area contributed by atoms with Gasteiger partial charge in [-0.15, -0.1) is 0 Å². The molecule has 0 bridgehead atoms. The maximum Gasteiger partial charge on any atom is 0.338 e. The van der Waals surface area contributed by atoms with Crippen LogP contribution in [0.15, 0.2) is 12.3 Å². The molecule has 16 heavy (non-hydrogen) atoms. The van der Waals surface area contributed by atoms with Gasteiger partial charge in [-0.05, 0) is 13.8 Å². The number of aromatic nitrogens is 2. The van der Waals surface area contributed by atoms with Crippen LogP contribution in [0, 0.1) is 6.92 Å². The minimum atomic E-state index is -0.528. The summed E-state index contributed by atoms with van der Waals surface area (Å²) in [5, 5.41) is 9.54. The summed E-state index contributed by atoms with van der Waals surface area (Å²) in [6, 6.07) is 0. The first-order valence-corrected chi connectivity index (χ1v) is 4.37. The monoisotopic (exact) mass is 297 g/mol. The Morgan fingerprint density at radius 2 is 2.19 bits per heavy atom. The molecule has 6 heteroatoms. The number of aromatic hydroxyl groups is 1. The van der Waals surface area contributed by atoms with Crippen LogP contribution in [0.2, 0.25) is 0 Å². The summed E-state index contributed by atoms with van der Waals surface area (Å²) in [6.45, 7) is 3.32. The molecule has 1 aromatic heterocycles. The van der Waals surface area contributed by atoms with Crippen molar-refractivity contribution in [2.45, 2.75) is 13.8 Å². The molecule has 83 valence electrons. The number of esters is 1. The van der Waals surface area contributed by atoms with Gasteiger partial charge in [0.2, 0.25) is 5.88 Å². The summed E-state index contributed by atoms with van der Waals surface area (Å²) in [7, 11) is 1.28. The van der Waals surface area contributed by atoms with Crippen LogP contribution >= 0.6 is 0 Å². The van der Waals surface area contributed by atoms with E-state index >= 15 is 0 Å². The van der Waals surface area contributed by atoms with Crippen molar-refractivity contribution in [1.29, 1.82) is 0 Å². The minimum absolute atomic E-state index is 0. The van der Waals surface area contributed by atoms with Gasteiger partial charge in [0, 0.05) is 38.9 Å². The summed E-state index contributed by atoms with van der Waals surface area (Å²) in [5.41, 5.74) is 0.518. The second-order valence-electron chi connectivity index (χ2n) is 2.85. The van der Waals surface area contributed by atoms with E-state index in [4.69, 9.17) is 0 Å². The van der Waals surface area contributed by atoms with Crippen LogP contribution in [-0.2, 0) is 42.2 Å². The van der Waals surface area contributed by atoms with Crippen LogP contribution in [0.25, 0.3) is 5.57 Å². The van der Waals surface area contributed by atoms with Gasteiger partial charge in [-0.25, -0.2) is 9.78 Å². The van der Waals surface area contributed by atoms with Gasteiger partial charge in [0.1, 0.15) is 5.82 Å². The minimum Gasteiger partial charge on any atom is -0.493 e. The van der Waals surface area contributed by atoms with Crippen molar-refractivity contribution < 1.29 is 47.3 Å². The van der Waals surface area contributed by atoms with E-state index in [2.05, 4.69) is 14.7 Å². The van der Waals surface area contributed by atoms with E-state index in [0.717, 1.165) is 0 Å². The first-order chi connectivity index (χ1) is 7.10. The largest absolute Gasteiger partial charge is 0.493 e. The molecule has 1 radical (unpaired) electrons. The Bertz CT molecular complexity index is 419. The summed E-state index contributed by atoms with van der Waals surface area (Å²) < 4.78 is 4.57. The van der Waals surface area contributed by atoms with E-state index in [1.54, 1.807) is 19.9 Å². The number of ether oxygens (including phenoxy) is 1. The van der Waals surface area contributed by atoms with Crippen LogP contribution in [0.4, 0.5) is 0 Å². The predicted octanol–water partition coefficient (Wildman–Crippen LogP) is 1.06. The third-order valence-electron chi connectivity index (χ3n) is 1.87. The Morgan fingerprint density at radius 3 is 2.62 bits per heavy atom. The Hall–Kier alpha value is -0.806. The molecule has 0 aromatic carbocycles. The Labute approximate surface area is 119 Å². The van der Waals surface area contributed by atoms with E-state index in [-0.39, 0.29) is 49.7 Å². The zero-order valence-electron chi connectivity index (χ0n) is 9.39. The Balaban J connectivity index is 0.00000225. The summed E-state index contributed by atoms with van der Waals surface area (Å²) in [4.78, 5) is 19.0. The van der Waals surface area contributed by atoms with Crippen LogP contribution in [0.3, 0.4) is 0 Å². The molecule has 1 rings (SSSR count). The third kappa shape index (κ3) is 3.35. The molecule has 0 atom stereocenters. The molecule has 0 aliphatic heterocycles. The van der Waals surface area contributed by atoms with E-state index in [1.807, 2.05) is 0 Å². The number of carbonyl (C=O) groups excluding carboxylic acids is 1. The zero-order chi connectivity index (χ0) is 11.4. The van der Waals surface area contributed by atoms with Crippen molar-refractivity contribution in [3.63, 3.8) is 0 Å². The fourth-order valence-electron chi connectivity index (χ4n) is 1.14. The normalized spacial score (nSPS) is 10.6. The molecular weight excluding hydrogens is 285 g/mol. The van der Waals surface area contributed by atoms with Gasteiger partial charge in [0.25, 0.3) is 0 Å². The second-order valence-corrected chi connectivity index (χ2v) is 2.85. The average molecular weight is 297 g/mol. The predicted molar refractivity (Wildman–Crippen MR) is 54.1 cm³/mol. The molecule has 0 spiro atoms. The number of carbonyl (C=O) groups is 1. The fourth-order valence-corrected chi connectivity index (χ4v) is 1.14. The van der Waals surface area contributed by atoms with Crippen molar-refractivity contribution in [1.82, 2.24) is 9.97 Å². The molecule has 0 unspecified atom stereocenters. The summed E-state index contributed by atoms with van der Waals surface area (Å²) in [6.07, 6.45) is 2.93. The second kappa shape index (κ2) is 6.71. The van der Waals surface area contributed by atoms with Crippen molar-refractivity contribution in [3.05, 3.63) is 23.7 Å². The Kier molecular flexibility index (Phi) is 6.37. The summed E-state index contributed by atoms with van der Waals surface area (Å²) in [5.74, 6) is -0.308. The molecule has 0 aliphatic carbocycles. The zero-order valence-corrected chi connectivity index (χ0v) is 12.2. The topological polar surface area (TPSA) is 72.3 Å².